The zero-order chi connectivity index (χ0) is 17.0. The van der Waals surface area contributed by atoms with E-state index in [-0.39, 0.29) is 11.4 Å². The number of sulfonamides is 1. The predicted molar refractivity (Wildman–Crippen MR) is 87.7 cm³/mol. The van der Waals surface area contributed by atoms with Crippen molar-refractivity contribution in [2.45, 2.75) is 11.4 Å². The van der Waals surface area contributed by atoms with E-state index in [0.29, 0.717) is 17.3 Å². The molecule has 8 nitrogen and oxygen atoms in total. The standard InChI is InChI=1S/C14H13ClN6O2S/c15-12-1-3-13(4-2-12)24(22,23)18-5-6-21-9-14(19-20-21)11-7-16-10-17-8-11/h1-4,7-10,18H,5-6H2. The van der Waals surface area contributed by atoms with Gasteiger partial charge in [-0.25, -0.2) is 23.1 Å². The fourth-order valence-electron chi connectivity index (χ4n) is 1.96. The maximum atomic E-state index is 12.1. The van der Waals surface area contributed by atoms with Crippen LogP contribution in [0.3, 0.4) is 0 Å². The molecule has 0 aliphatic carbocycles. The predicted octanol–water partition coefficient (Wildman–Crippen LogP) is 1.37. The zero-order valence-corrected chi connectivity index (χ0v) is 13.9. The minimum Gasteiger partial charge on any atom is -0.251 e. The third-order valence-corrected chi connectivity index (χ3v) is 4.88. The highest BCUT2D eigenvalue weighted by Gasteiger charge is 2.13. The van der Waals surface area contributed by atoms with Gasteiger partial charge in [-0.05, 0) is 24.3 Å². The van der Waals surface area contributed by atoms with Gasteiger partial charge in [0.05, 0.1) is 17.6 Å². The highest BCUT2D eigenvalue weighted by atomic mass is 35.5. The van der Waals surface area contributed by atoms with Crippen molar-refractivity contribution in [3.8, 4) is 11.3 Å². The fourth-order valence-corrected chi connectivity index (χ4v) is 3.11. The van der Waals surface area contributed by atoms with Crippen LogP contribution in [0.4, 0.5) is 0 Å². The largest absolute Gasteiger partial charge is 0.251 e. The van der Waals surface area contributed by atoms with Crippen molar-refractivity contribution in [2.75, 3.05) is 6.54 Å². The minimum atomic E-state index is -3.58. The van der Waals surface area contributed by atoms with Crippen molar-refractivity contribution in [3.05, 3.63) is 54.2 Å². The normalized spacial score (nSPS) is 11.5. The van der Waals surface area contributed by atoms with E-state index in [0.717, 1.165) is 5.56 Å². The Morgan fingerprint density at radius 1 is 1.12 bits per heavy atom. The van der Waals surface area contributed by atoms with Crippen LogP contribution in [-0.4, -0.2) is 39.9 Å². The molecule has 24 heavy (non-hydrogen) atoms. The Kier molecular flexibility index (Phi) is 4.84. The molecule has 3 rings (SSSR count). The first kappa shape index (κ1) is 16.5. The summed E-state index contributed by atoms with van der Waals surface area (Å²) in [5.74, 6) is 0. The molecule has 0 bridgehead atoms. The van der Waals surface area contributed by atoms with Crippen LogP contribution in [-0.2, 0) is 16.6 Å². The lowest BCUT2D eigenvalue weighted by Crippen LogP contribution is -2.27. The number of aromatic nitrogens is 5. The highest BCUT2D eigenvalue weighted by Crippen LogP contribution is 2.14. The topological polar surface area (TPSA) is 103 Å². The average Bonchev–Trinajstić information content (AvgIpc) is 3.05. The molecule has 1 N–H and O–H groups in total. The van der Waals surface area contributed by atoms with E-state index in [1.54, 1.807) is 23.3 Å². The molecule has 3 aromatic rings. The molecule has 0 radical (unpaired) electrons. The van der Waals surface area contributed by atoms with Crippen LogP contribution >= 0.6 is 11.6 Å². The summed E-state index contributed by atoms with van der Waals surface area (Å²) in [7, 11) is -3.58. The van der Waals surface area contributed by atoms with E-state index < -0.39 is 10.0 Å². The highest BCUT2D eigenvalue weighted by molar-refractivity contribution is 7.89. The third-order valence-electron chi connectivity index (χ3n) is 3.15. The number of nitrogens with zero attached hydrogens (tertiary/aromatic N) is 5. The van der Waals surface area contributed by atoms with Gasteiger partial charge in [-0.2, -0.15) is 0 Å². The maximum Gasteiger partial charge on any atom is 0.240 e. The molecule has 0 atom stereocenters. The zero-order valence-electron chi connectivity index (χ0n) is 12.4. The summed E-state index contributed by atoms with van der Waals surface area (Å²) in [5, 5.41) is 8.45. The quantitative estimate of drug-likeness (QED) is 0.708. The number of rotatable bonds is 6. The first-order chi connectivity index (χ1) is 11.5. The van der Waals surface area contributed by atoms with Gasteiger partial charge in [-0.3, -0.25) is 4.68 Å². The molecule has 0 fully saturated rings. The summed E-state index contributed by atoms with van der Waals surface area (Å²) in [4.78, 5) is 7.99. The fraction of sp³-hybridized carbons (Fsp3) is 0.143. The monoisotopic (exact) mass is 364 g/mol. The van der Waals surface area contributed by atoms with Crippen molar-refractivity contribution >= 4 is 21.6 Å². The number of hydrogen-bond acceptors (Lipinski definition) is 6. The molecule has 0 aliphatic heterocycles. The van der Waals surface area contributed by atoms with E-state index >= 15 is 0 Å². The van der Waals surface area contributed by atoms with Crippen LogP contribution in [0.25, 0.3) is 11.3 Å². The molecule has 2 heterocycles. The van der Waals surface area contributed by atoms with E-state index in [1.807, 2.05) is 0 Å². The van der Waals surface area contributed by atoms with Crippen LogP contribution in [0.2, 0.25) is 5.02 Å². The van der Waals surface area contributed by atoms with Crippen LogP contribution < -0.4 is 4.72 Å². The Bertz CT molecular complexity index is 912. The van der Waals surface area contributed by atoms with Gasteiger partial charge in [-0.15, -0.1) is 5.10 Å². The number of benzene rings is 1. The number of nitrogens with one attached hydrogen (secondary N) is 1. The Morgan fingerprint density at radius 3 is 2.54 bits per heavy atom. The second kappa shape index (κ2) is 7.04. The smallest absolute Gasteiger partial charge is 0.240 e. The molecule has 2 aromatic heterocycles. The van der Waals surface area contributed by atoms with Gasteiger partial charge in [-0.1, -0.05) is 16.8 Å². The molecule has 0 aliphatic rings. The Labute approximate surface area is 143 Å². The molecule has 10 heteroatoms. The summed E-state index contributed by atoms with van der Waals surface area (Å²) in [6.07, 6.45) is 6.39. The lowest BCUT2D eigenvalue weighted by molar-refractivity contribution is 0.553. The molecule has 0 spiro atoms. The van der Waals surface area contributed by atoms with E-state index in [9.17, 15) is 8.42 Å². The molecule has 0 amide bonds. The van der Waals surface area contributed by atoms with E-state index in [2.05, 4.69) is 25.0 Å². The van der Waals surface area contributed by atoms with Gasteiger partial charge in [0.1, 0.15) is 12.0 Å². The summed E-state index contributed by atoms with van der Waals surface area (Å²) >= 11 is 5.76. The maximum absolute atomic E-state index is 12.1. The first-order valence-electron chi connectivity index (χ1n) is 6.95. The minimum absolute atomic E-state index is 0.160. The van der Waals surface area contributed by atoms with E-state index in [4.69, 9.17) is 11.6 Å². The van der Waals surface area contributed by atoms with Gasteiger partial charge in [0.25, 0.3) is 0 Å². The summed E-state index contributed by atoms with van der Waals surface area (Å²) < 4.78 is 28.3. The molecular weight excluding hydrogens is 352 g/mol. The second-order valence-electron chi connectivity index (χ2n) is 4.85. The molecule has 124 valence electrons. The third kappa shape index (κ3) is 3.94. The van der Waals surface area contributed by atoms with E-state index in [1.165, 1.54) is 30.6 Å². The van der Waals surface area contributed by atoms with Crippen molar-refractivity contribution in [1.29, 1.82) is 0 Å². The molecule has 0 saturated carbocycles. The Balaban J connectivity index is 1.60. The van der Waals surface area contributed by atoms with Crippen LogP contribution in [0.5, 0.6) is 0 Å². The summed E-state index contributed by atoms with van der Waals surface area (Å²) in [6.45, 7) is 0.520. The number of hydrogen-bond donors (Lipinski definition) is 1. The molecule has 1 aromatic carbocycles. The summed E-state index contributed by atoms with van der Waals surface area (Å²) in [5.41, 5.74) is 1.36. The summed E-state index contributed by atoms with van der Waals surface area (Å²) in [6, 6.07) is 5.96. The van der Waals surface area contributed by atoms with Crippen LogP contribution in [0.15, 0.2) is 54.1 Å². The lowest BCUT2D eigenvalue weighted by Gasteiger charge is -2.06. The van der Waals surface area contributed by atoms with Crippen LogP contribution in [0.1, 0.15) is 0 Å². The van der Waals surface area contributed by atoms with Gasteiger partial charge in [0.15, 0.2) is 0 Å². The molecular formula is C14H13ClN6O2S. The SMILES string of the molecule is O=S(=O)(NCCn1cc(-c2cncnc2)nn1)c1ccc(Cl)cc1. The van der Waals surface area contributed by atoms with Gasteiger partial charge >= 0.3 is 0 Å². The van der Waals surface area contributed by atoms with Crippen molar-refractivity contribution in [2.24, 2.45) is 0 Å². The van der Waals surface area contributed by atoms with Crippen molar-refractivity contribution < 1.29 is 8.42 Å². The van der Waals surface area contributed by atoms with Crippen LogP contribution in [0, 0.1) is 0 Å². The van der Waals surface area contributed by atoms with Crippen molar-refractivity contribution in [3.63, 3.8) is 0 Å². The second-order valence-corrected chi connectivity index (χ2v) is 7.05. The molecule has 0 unspecified atom stereocenters. The lowest BCUT2D eigenvalue weighted by atomic mass is 10.3. The Morgan fingerprint density at radius 2 is 1.83 bits per heavy atom. The average molecular weight is 365 g/mol. The van der Waals surface area contributed by atoms with Crippen molar-refractivity contribution in [1.82, 2.24) is 29.7 Å². The Hall–Kier alpha value is -2.36. The van der Waals surface area contributed by atoms with Gasteiger partial charge < -0.3 is 0 Å². The molecule has 0 saturated heterocycles. The van der Waals surface area contributed by atoms with Gasteiger partial charge in [0.2, 0.25) is 10.0 Å². The number of halogens is 1. The first-order valence-corrected chi connectivity index (χ1v) is 8.81. The van der Waals surface area contributed by atoms with Gasteiger partial charge in [0, 0.05) is 29.5 Å².